The third-order valence-electron chi connectivity index (χ3n) is 6.09. The molecule has 0 saturated heterocycles. The number of hydrogen-bond acceptors (Lipinski definition) is 4. The summed E-state index contributed by atoms with van der Waals surface area (Å²) < 4.78 is 11.2. The molecule has 4 heteroatoms. The van der Waals surface area contributed by atoms with Crippen LogP contribution < -0.4 is 0 Å². The van der Waals surface area contributed by atoms with Gasteiger partial charge >= 0.3 is 11.9 Å². The van der Waals surface area contributed by atoms with E-state index < -0.39 is 0 Å². The summed E-state index contributed by atoms with van der Waals surface area (Å²) in [5.41, 5.74) is 1.07. The first-order valence-electron chi connectivity index (χ1n) is 12.8. The Morgan fingerprint density at radius 2 is 1.66 bits per heavy atom. The number of carbonyl (C=O) groups excluding carboxylic acids is 2. The zero-order valence-electron chi connectivity index (χ0n) is 19.9. The van der Waals surface area contributed by atoms with E-state index in [1.807, 2.05) is 30.3 Å². The number of benzene rings is 1. The highest BCUT2D eigenvalue weighted by Gasteiger charge is 2.21. The van der Waals surface area contributed by atoms with Crippen molar-refractivity contribution in [1.29, 1.82) is 0 Å². The van der Waals surface area contributed by atoms with Gasteiger partial charge in [-0.15, -0.1) is 0 Å². The van der Waals surface area contributed by atoms with Gasteiger partial charge < -0.3 is 9.47 Å². The minimum Gasteiger partial charge on any atom is -0.466 e. The second-order valence-corrected chi connectivity index (χ2v) is 8.94. The summed E-state index contributed by atoms with van der Waals surface area (Å²) in [6.07, 6.45) is 17.6. The molecule has 1 aromatic rings. The molecule has 2 unspecified atom stereocenters. The van der Waals surface area contributed by atoms with Crippen LogP contribution in [0.4, 0.5) is 0 Å². The lowest BCUT2D eigenvalue weighted by molar-refractivity contribution is -0.150. The maximum atomic E-state index is 12.5. The van der Waals surface area contributed by atoms with Crippen molar-refractivity contribution in [3.8, 4) is 0 Å². The minimum atomic E-state index is -0.191. The first kappa shape index (κ1) is 26.2. The molecule has 4 nitrogen and oxygen atoms in total. The Hall–Kier alpha value is -2.10. The normalized spacial score (nSPS) is 16.5. The summed E-state index contributed by atoms with van der Waals surface area (Å²) in [5.74, 6) is 0.209. The first-order valence-corrected chi connectivity index (χ1v) is 12.8. The summed E-state index contributed by atoms with van der Waals surface area (Å²) in [6.45, 7) is 2.72. The molecule has 2 rings (SSSR count). The van der Waals surface area contributed by atoms with Crippen molar-refractivity contribution in [3.05, 3.63) is 48.0 Å². The van der Waals surface area contributed by atoms with E-state index >= 15 is 0 Å². The number of unbranched alkanes of at least 4 members (excludes halogenated alkanes) is 6. The average Bonchev–Trinajstić information content (AvgIpc) is 2.82. The second kappa shape index (κ2) is 16.5. The van der Waals surface area contributed by atoms with Crippen LogP contribution >= 0.6 is 0 Å². The van der Waals surface area contributed by atoms with Gasteiger partial charge in [0.15, 0.2) is 0 Å². The van der Waals surface area contributed by atoms with E-state index in [0.29, 0.717) is 25.4 Å². The number of allylic oxidation sites excluding steroid dienone is 2. The second-order valence-electron chi connectivity index (χ2n) is 8.94. The lowest BCUT2D eigenvalue weighted by Gasteiger charge is -2.24. The van der Waals surface area contributed by atoms with Crippen LogP contribution in [0.5, 0.6) is 0 Å². The Bertz CT molecular complexity index is 667. The van der Waals surface area contributed by atoms with E-state index in [0.717, 1.165) is 56.9 Å². The van der Waals surface area contributed by atoms with Crippen LogP contribution in [-0.4, -0.2) is 18.5 Å². The summed E-state index contributed by atoms with van der Waals surface area (Å²) in [4.78, 5) is 24.3. The highest BCUT2D eigenvalue weighted by Crippen LogP contribution is 2.31. The topological polar surface area (TPSA) is 52.6 Å². The molecule has 1 aliphatic rings. The van der Waals surface area contributed by atoms with Gasteiger partial charge in [-0.1, -0.05) is 81.5 Å². The van der Waals surface area contributed by atoms with Crippen molar-refractivity contribution in [2.75, 3.05) is 6.61 Å². The molecule has 178 valence electrons. The van der Waals surface area contributed by atoms with Crippen LogP contribution in [0.3, 0.4) is 0 Å². The summed E-state index contributed by atoms with van der Waals surface area (Å²) in [6, 6.07) is 10.1. The van der Waals surface area contributed by atoms with Crippen molar-refractivity contribution >= 4 is 11.9 Å². The lowest BCUT2D eigenvalue weighted by Crippen LogP contribution is -2.15. The fourth-order valence-electron chi connectivity index (χ4n) is 4.17. The maximum absolute atomic E-state index is 12.5. The van der Waals surface area contributed by atoms with E-state index in [2.05, 4.69) is 19.1 Å². The van der Waals surface area contributed by atoms with Crippen molar-refractivity contribution in [3.63, 3.8) is 0 Å². The van der Waals surface area contributed by atoms with Crippen molar-refractivity contribution in [1.82, 2.24) is 0 Å². The number of carbonyl (C=O) groups is 2. The number of ether oxygens (including phenoxy) is 2. The highest BCUT2D eigenvalue weighted by molar-refractivity contribution is 5.70. The smallest absolute Gasteiger partial charge is 0.306 e. The molecule has 0 amide bonds. The number of hydrogen-bond donors (Lipinski definition) is 0. The van der Waals surface area contributed by atoms with Gasteiger partial charge in [-0.25, -0.2) is 0 Å². The van der Waals surface area contributed by atoms with Crippen molar-refractivity contribution < 1.29 is 19.1 Å². The lowest BCUT2D eigenvalue weighted by atomic mass is 9.89. The van der Waals surface area contributed by atoms with Crippen LogP contribution in [0.15, 0.2) is 42.5 Å². The number of rotatable bonds is 16. The standard InChI is InChI=1S/C28H42O4/c1-2-3-4-5-15-22-31-27(29)20-13-8-14-21-28(30)32-26(25-18-11-7-12-19-25)23-24-16-9-6-10-17-24/h7,9,11-12,16,18-19,24,26H,2-6,8,10,13-15,17,20-23H2,1H3. The Morgan fingerprint density at radius 3 is 2.38 bits per heavy atom. The van der Waals surface area contributed by atoms with E-state index in [4.69, 9.17) is 9.47 Å². The molecule has 1 aromatic carbocycles. The summed E-state index contributed by atoms with van der Waals surface area (Å²) in [7, 11) is 0. The molecule has 0 heterocycles. The fourth-order valence-corrected chi connectivity index (χ4v) is 4.17. The number of esters is 2. The average molecular weight is 443 g/mol. The van der Waals surface area contributed by atoms with Gasteiger partial charge in [0.1, 0.15) is 6.10 Å². The maximum Gasteiger partial charge on any atom is 0.306 e. The Balaban J connectivity index is 1.62. The zero-order chi connectivity index (χ0) is 22.9. The zero-order valence-corrected chi connectivity index (χ0v) is 19.9. The SMILES string of the molecule is CCCCCCCOC(=O)CCCCCC(=O)OC(CC1C=CCCC1)c1ccccc1. The van der Waals surface area contributed by atoms with Crippen LogP contribution in [0.25, 0.3) is 0 Å². The Kier molecular flexibility index (Phi) is 13.5. The van der Waals surface area contributed by atoms with Crippen LogP contribution in [-0.2, 0) is 19.1 Å². The summed E-state index contributed by atoms with van der Waals surface area (Å²) in [5, 5.41) is 0. The predicted molar refractivity (Wildman–Crippen MR) is 129 cm³/mol. The molecule has 0 aromatic heterocycles. The molecule has 0 saturated carbocycles. The van der Waals surface area contributed by atoms with Crippen molar-refractivity contribution in [2.45, 2.75) is 103 Å². The molecule has 1 aliphatic carbocycles. The predicted octanol–water partition coefficient (Wildman–Crippen LogP) is 7.48. The Labute approximate surface area is 194 Å². The molecular formula is C28H42O4. The van der Waals surface area contributed by atoms with Gasteiger partial charge in [0, 0.05) is 12.8 Å². The molecule has 0 radical (unpaired) electrons. The van der Waals surface area contributed by atoms with Gasteiger partial charge in [0.05, 0.1) is 6.61 Å². The third-order valence-corrected chi connectivity index (χ3v) is 6.09. The van der Waals surface area contributed by atoms with Gasteiger partial charge in [-0.3, -0.25) is 9.59 Å². The van der Waals surface area contributed by atoms with Gasteiger partial charge in [0.25, 0.3) is 0 Å². The monoisotopic (exact) mass is 442 g/mol. The van der Waals surface area contributed by atoms with Gasteiger partial charge in [-0.05, 0) is 56.4 Å². The first-order chi connectivity index (χ1) is 15.7. The quantitative estimate of drug-likeness (QED) is 0.151. The van der Waals surface area contributed by atoms with E-state index in [1.165, 1.54) is 25.7 Å². The fraction of sp³-hybridized carbons (Fsp3) is 0.643. The molecule has 0 aliphatic heterocycles. The van der Waals surface area contributed by atoms with Crippen LogP contribution in [0, 0.1) is 5.92 Å². The van der Waals surface area contributed by atoms with E-state index in [1.54, 1.807) is 0 Å². The molecule has 0 bridgehead atoms. The van der Waals surface area contributed by atoms with E-state index in [-0.39, 0.29) is 18.0 Å². The molecule has 32 heavy (non-hydrogen) atoms. The molecule has 0 spiro atoms. The highest BCUT2D eigenvalue weighted by atomic mass is 16.5. The minimum absolute atomic E-state index is 0.118. The molecular weight excluding hydrogens is 400 g/mol. The van der Waals surface area contributed by atoms with Crippen molar-refractivity contribution in [2.24, 2.45) is 5.92 Å². The largest absolute Gasteiger partial charge is 0.466 e. The van der Waals surface area contributed by atoms with Gasteiger partial charge in [-0.2, -0.15) is 0 Å². The molecule has 2 atom stereocenters. The van der Waals surface area contributed by atoms with Crippen LogP contribution in [0.2, 0.25) is 0 Å². The third kappa shape index (κ3) is 11.5. The molecule has 0 N–H and O–H groups in total. The van der Waals surface area contributed by atoms with E-state index in [9.17, 15) is 9.59 Å². The van der Waals surface area contributed by atoms with Gasteiger partial charge in [0.2, 0.25) is 0 Å². The Morgan fingerprint density at radius 1 is 0.938 bits per heavy atom. The summed E-state index contributed by atoms with van der Waals surface area (Å²) >= 11 is 0. The van der Waals surface area contributed by atoms with Crippen LogP contribution in [0.1, 0.15) is 108 Å². The molecule has 0 fully saturated rings.